The highest BCUT2D eigenvalue weighted by molar-refractivity contribution is 7.99. The number of rotatable bonds is 4. The topological polar surface area (TPSA) is 21.3 Å². The van der Waals surface area contributed by atoms with Crippen molar-refractivity contribution in [3.63, 3.8) is 0 Å². The molecule has 0 saturated carbocycles. The largest absolute Gasteiger partial charge is 0.486 e. The van der Waals surface area contributed by atoms with Gasteiger partial charge in [-0.15, -0.1) is 11.8 Å². The molecule has 2 rings (SSSR count). The van der Waals surface area contributed by atoms with E-state index in [1.54, 1.807) is 0 Å². The zero-order valence-electron chi connectivity index (χ0n) is 9.95. The van der Waals surface area contributed by atoms with E-state index in [0.29, 0.717) is 6.10 Å². The van der Waals surface area contributed by atoms with E-state index in [4.69, 9.17) is 4.74 Å². The molecule has 0 radical (unpaired) electrons. The minimum Gasteiger partial charge on any atom is -0.486 e. The van der Waals surface area contributed by atoms with Crippen LogP contribution < -0.4 is 10.1 Å². The Hall–Kier alpha value is -0.830. The van der Waals surface area contributed by atoms with E-state index in [2.05, 4.69) is 37.4 Å². The van der Waals surface area contributed by atoms with Crippen molar-refractivity contribution < 1.29 is 4.74 Å². The maximum Gasteiger partial charge on any atom is 0.142 e. The number of fused-ring (bicyclic) bond motifs is 1. The second kappa shape index (κ2) is 5.48. The van der Waals surface area contributed by atoms with E-state index in [0.717, 1.165) is 24.4 Å². The Morgan fingerprint density at radius 1 is 1.44 bits per heavy atom. The summed E-state index contributed by atoms with van der Waals surface area (Å²) in [7, 11) is 0. The third kappa shape index (κ3) is 2.64. The van der Waals surface area contributed by atoms with Crippen molar-refractivity contribution in [2.75, 3.05) is 17.6 Å². The molecule has 1 aromatic rings. The minimum atomic E-state index is 0.321. The van der Waals surface area contributed by atoms with Crippen LogP contribution in [0.1, 0.15) is 26.7 Å². The van der Waals surface area contributed by atoms with Gasteiger partial charge in [-0.25, -0.2) is 0 Å². The first kappa shape index (κ1) is 11.6. The van der Waals surface area contributed by atoms with Gasteiger partial charge in [-0.1, -0.05) is 13.8 Å². The van der Waals surface area contributed by atoms with Crippen molar-refractivity contribution in [3.05, 3.63) is 18.2 Å². The van der Waals surface area contributed by atoms with Gasteiger partial charge < -0.3 is 10.1 Å². The molecular formula is C13H19NOS. The fourth-order valence-corrected chi connectivity index (χ4v) is 2.54. The number of ether oxygens (including phenoxy) is 1. The lowest BCUT2D eigenvalue weighted by atomic mass is 10.2. The average Bonchev–Trinajstić information content (AvgIpc) is 2.35. The standard InChI is InChI=1S/C13H19NOS/c1-3-7-16-11-5-6-13-12(8-11)14-9-10(4-2)15-13/h5-6,8,10,14H,3-4,7,9H2,1-2H3. The average molecular weight is 237 g/mol. The molecule has 1 aliphatic rings. The van der Waals surface area contributed by atoms with Crippen molar-refractivity contribution in [1.82, 2.24) is 0 Å². The molecule has 1 aromatic carbocycles. The number of hydrogen-bond acceptors (Lipinski definition) is 3. The monoisotopic (exact) mass is 237 g/mol. The summed E-state index contributed by atoms with van der Waals surface area (Å²) in [6.45, 7) is 5.28. The molecule has 1 atom stereocenters. The Labute approximate surface area is 102 Å². The van der Waals surface area contributed by atoms with E-state index in [9.17, 15) is 0 Å². The van der Waals surface area contributed by atoms with Crippen molar-refractivity contribution in [3.8, 4) is 5.75 Å². The molecule has 1 N–H and O–H groups in total. The summed E-state index contributed by atoms with van der Waals surface area (Å²) >= 11 is 1.90. The Balaban J connectivity index is 2.08. The summed E-state index contributed by atoms with van der Waals surface area (Å²) in [6, 6.07) is 6.43. The van der Waals surface area contributed by atoms with Crippen molar-refractivity contribution in [1.29, 1.82) is 0 Å². The van der Waals surface area contributed by atoms with Crippen LogP contribution in [0.15, 0.2) is 23.1 Å². The second-order valence-electron chi connectivity index (χ2n) is 4.04. The normalized spacial score (nSPS) is 18.5. The SMILES string of the molecule is CCCSc1ccc2c(c1)NCC(CC)O2. The van der Waals surface area contributed by atoms with Gasteiger partial charge in [0.25, 0.3) is 0 Å². The summed E-state index contributed by atoms with van der Waals surface area (Å²) in [5.41, 5.74) is 1.14. The lowest BCUT2D eigenvalue weighted by Crippen LogP contribution is -2.29. The molecule has 0 spiro atoms. The molecule has 0 fully saturated rings. The first-order valence-electron chi connectivity index (χ1n) is 6.00. The number of thioether (sulfide) groups is 1. The Morgan fingerprint density at radius 3 is 3.06 bits per heavy atom. The first-order valence-corrected chi connectivity index (χ1v) is 6.99. The van der Waals surface area contributed by atoms with Crippen molar-refractivity contribution >= 4 is 17.4 Å². The molecule has 0 bridgehead atoms. The second-order valence-corrected chi connectivity index (χ2v) is 5.20. The molecule has 0 amide bonds. The van der Waals surface area contributed by atoms with E-state index >= 15 is 0 Å². The highest BCUT2D eigenvalue weighted by Crippen LogP contribution is 2.33. The minimum absolute atomic E-state index is 0.321. The molecule has 1 unspecified atom stereocenters. The Morgan fingerprint density at radius 2 is 2.31 bits per heavy atom. The van der Waals surface area contributed by atoms with Gasteiger partial charge in [0, 0.05) is 4.90 Å². The van der Waals surface area contributed by atoms with Gasteiger partial charge in [0.2, 0.25) is 0 Å². The number of nitrogens with one attached hydrogen (secondary N) is 1. The van der Waals surface area contributed by atoms with Crippen LogP contribution >= 0.6 is 11.8 Å². The van der Waals surface area contributed by atoms with Crippen LogP contribution in [0.2, 0.25) is 0 Å². The van der Waals surface area contributed by atoms with Crippen LogP contribution in [-0.4, -0.2) is 18.4 Å². The Kier molecular flexibility index (Phi) is 3.99. The van der Waals surface area contributed by atoms with E-state index < -0.39 is 0 Å². The van der Waals surface area contributed by atoms with E-state index in [1.165, 1.54) is 17.1 Å². The molecule has 0 saturated heterocycles. The fourth-order valence-electron chi connectivity index (χ4n) is 1.73. The summed E-state index contributed by atoms with van der Waals surface area (Å²) in [5.74, 6) is 2.18. The zero-order valence-corrected chi connectivity index (χ0v) is 10.8. The lowest BCUT2D eigenvalue weighted by Gasteiger charge is -2.26. The van der Waals surface area contributed by atoms with Crippen molar-refractivity contribution in [2.24, 2.45) is 0 Å². The van der Waals surface area contributed by atoms with E-state index in [-0.39, 0.29) is 0 Å². The summed E-state index contributed by atoms with van der Waals surface area (Å²) in [4.78, 5) is 1.33. The van der Waals surface area contributed by atoms with Crippen LogP contribution in [0.4, 0.5) is 5.69 Å². The molecule has 16 heavy (non-hydrogen) atoms. The maximum absolute atomic E-state index is 5.87. The van der Waals surface area contributed by atoms with Gasteiger partial charge in [-0.2, -0.15) is 0 Å². The van der Waals surface area contributed by atoms with Crippen LogP contribution in [-0.2, 0) is 0 Å². The first-order chi connectivity index (χ1) is 7.83. The molecule has 88 valence electrons. The van der Waals surface area contributed by atoms with Crippen LogP contribution in [0.3, 0.4) is 0 Å². The van der Waals surface area contributed by atoms with Gasteiger partial charge in [-0.3, -0.25) is 0 Å². The van der Waals surface area contributed by atoms with Crippen LogP contribution in [0.5, 0.6) is 5.75 Å². The zero-order chi connectivity index (χ0) is 11.4. The highest BCUT2D eigenvalue weighted by atomic mass is 32.2. The van der Waals surface area contributed by atoms with Gasteiger partial charge in [0.15, 0.2) is 0 Å². The van der Waals surface area contributed by atoms with Gasteiger partial charge in [0.05, 0.1) is 12.2 Å². The number of benzene rings is 1. The lowest BCUT2D eigenvalue weighted by molar-refractivity contribution is 0.201. The number of hydrogen-bond donors (Lipinski definition) is 1. The summed E-state index contributed by atoms with van der Waals surface area (Å²) < 4.78 is 5.87. The predicted molar refractivity (Wildman–Crippen MR) is 70.7 cm³/mol. The van der Waals surface area contributed by atoms with E-state index in [1.807, 2.05) is 11.8 Å². The fraction of sp³-hybridized carbons (Fsp3) is 0.538. The van der Waals surface area contributed by atoms with Gasteiger partial charge in [0.1, 0.15) is 11.9 Å². The quantitative estimate of drug-likeness (QED) is 0.805. The molecule has 0 aliphatic carbocycles. The Bertz CT molecular complexity index is 354. The molecule has 1 aliphatic heterocycles. The summed E-state index contributed by atoms with van der Waals surface area (Å²) in [6.07, 6.45) is 2.59. The maximum atomic E-state index is 5.87. The van der Waals surface area contributed by atoms with Crippen LogP contribution in [0, 0.1) is 0 Å². The number of anilines is 1. The van der Waals surface area contributed by atoms with Gasteiger partial charge >= 0.3 is 0 Å². The third-order valence-corrected chi connectivity index (χ3v) is 3.89. The smallest absolute Gasteiger partial charge is 0.142 e. The highest BCUT2D eigenvalue weighted by Gasteiger charge is 2.17. The third-order valence-electron chi connectivity index (χ3n) is 2.69. The molecule has 2 nitrogen and oxygen atoms in total. The molecule has 0 aromatic heterocycles. The predicted octanol–water partition coefficient (Wildman–Crippen LogP) is 3.77. The van der Waals surface area contributed by atoms with Crippen LogP contribution in [0.25, 0.3) is 0 Å². The molecule has 1 heterocycles. The molecular weight excluding hydrogens is 218 g/mol. The van der Waals surface area contributed by atoms with Crippen molar-refractivity contribution in [2.45, 2.75) is 37.7 Å². The summed E-state index contributed by atoms with van der Waals surface area (Å²) in [5, 5.41) is 3.44. The van der Waals surface area contributed by atoms with Gasteiger partial charge in [-0.05, 0) is 36.8 Å². The molecule has 3 heteroatoms.